The fraction of sp³-hybridized carbons (Fsp3) is 0.581. The number of nitrogens with zero attached hydrogens (tertiary/aromatic N) is 2. The Morgan fingerprint density at radius 2 is 2.05 bits per heavy atom. The van der Waals surface area contributed by atoms with E-state index in [-0.39, 0.29) is 48.7 Å². The molecular weight excluding hydrogens is 512 g/mol. The number of hydrogen-bond donors (Lipinski definition) is 1. The Bertz CT molecular complexity index is 1140. The first-order valence-electron chi connectivity index (χ1n) is 14.0. The molecule has 0 aromatic heterocycles. The van der Waals surface area contributed by atoms with Crippen molar-refractivity contribution in [3.05, 3.63) is 54.6 Å². The van der Waals surface area contributed by atoms with Crippen molar-refractivity contribution < 1.29 is 24.2 Å². The van der Waals surface area contributed by atoms with E-state index in [4.69, 9.17) is 4.74 Å². The molecule has 3 heterocycles. The second-order valence-electron chi connectivity index (χ2n) is 11.2. The second-order valence-corrected chi connectivity index (χ2v) is 12.8. The molecule has 8 heteroatoms. The van der Waals surface area contributed by atoms with Gasteiger partial charge >= 0.3 is 5.97 Å². The van der Waals surface area contributed by atoms with E-state index in [1.807, 2.05) is 45.9 Å². The molecule has 3 fully saturated rings. The molecule has 212 valence electrons. The number of aliphatic hydroxyl groups is 1. The zero-order valence-corrected chi connectivity index (χ0v) is 24.4. The van der Waals surface area contributed by atoms with Crippen molar-refractivity contribution in [3.8, 4) is 0 Å². The molecule has 1 spiro atoms. The van der Waals surface area contributed by atoms with Crippen LogP contribution in [-0.2, 0) is 19.1 Å². The van der Waals surface area contributed by atoms with Gasteiger partial charge in [0.15, 0.2) is 0 Å². The summed E-state index contributed by atoms with van der Waals surface area (Å²) < 4.78 is 4.84. The maximum absolute atomic E-state index is 14.8. The van der Waals surface area contributed by atoms with E-state index in [1.165, 1.54) is 0 Å². The fourth-order valence-corrected chi connectivity index (χ4v) is 8.93. The maximum atomic E-state index is 14.8. The fourth-order valence-electron chi connectivity index (χ4n) is 6.74. The van der Waals surface area contributed by atoms with E-state index in [2.05, 4.69) is 13.2 Å². The normalized spacial score (nSPS) is 28.6. The van der Waals surface area contributed by atoms with Gasteiger partial charge in [-0.25, -0.2) is 0 Å². The van der Waals surface area contributed by atoms with Crippen LogP contribution in [0.1, 0.15) is 50.7 Å². The number of aryl methyl sites for hydroxylation is 2. The Kier molecular flexibility index (Phi) is 8.96. The van der Waals surface area contributed by atoms with Crippen molar-refractivity contribution >= 4 is 35.2 Å². The maximum Gasteiger partial charge on any atom is 0.310 e. The number of likely N-dealkylation sites (tertiary alicyclic amines) is 1. The molecule has 39 heavy (non-hydrogen) atoms. The van der Waals surface area contributed by atoms with Gasteiger partial charge in [-0.15, -0.1) is 24.9 Å². The molecule has 7 nitrogen and oxygen atoms in total. The molecule has 4 rings (SSSR count). The van der Waals surface area contributed by atoms with Gasteiger partial charge in [-0.3, -0.25) is 14.4 Å². The Balaban J connectivity index is 1.82. The topological polar surface area (TPSA) is 87.1 Å². The Morgan fingerprint density at radius 1 is 1.31 bits per heavy atom. The highest BCUT2D eigenvalue weighted by molar-refractivity contribution is 8.02. The monoisotopic (exact) mass is 554 g/mol. The smallest absolute Gasteiger partial charge is 0.310 e. The number of benzene rings is 1. The van der Waals surface area contributed by atoms with E-state index in [0.717, 1.165) is 29.7 Å². The lowest BCUT2D eigenvalue weighted by atomic mass is 9.71. The summed E-state index contributed by atoms with van der Waals surface area (Å²) in [6, 6.07) is 4.66. The van der Waals surface area contributed by atoms with Crippen LogP contribution >= 0.6 is 11.8 Å². The van der Waals surface area contributed by atoms with Crippen molar-refractivity contribution in [2.24, 2.45) is 17.8 Å². The first kappa shape index (κ1) is 29.4. The lowest BCUT2D eigenvalue weighted by molar-refractivity contribution is -0.154. The highest BCUT2D eigenvalue weighted by atomic mass is 32.2. The van der Waals surface area contributed by atoms with Crippen LogP contribution in [0.5, 0.6) is 0 Å². The summed E-state index contributed by atoms with van der Waals surface area (Å²) in [6.07, 6.45) is 6.08. The summed E-state index contributed by atoms with van der Waals surface area (Å²) in [7, 11) is 0. The molecule has 2 amide bonds. The molecule has 3 aliphatic heterocycles. The predicted octanol–water partition coefficient (Wildman–Crippen LogP) is 4.44. The molecule has 7 atom stereocenters. The summed E-state index contributed by atoms with van der Waals surface area (Å²) in [5.41, 5.74) is 2.77. The molecule has 1 N–H and O–H groups in total. The van der Waals surface area contributed by atoms with Crippen molar-refractivity contribution in [1.29, 1.82) is 0 Å². The van der Waals surface area contributed by atoms with Gasteiger partial charge in [0.25, 0.3) is 5.91 Å². The second kappa shape index (κ2) is 11.9. The van der Waals surface area contributed by atoms with Gasteiger partial charge in [-0.1, -0.05) is 44.6 Å². The lowest BCUT2D eigenvalue weighted by Gasteiger charge is -2.41. The van der Waals surface area contributed by atoms with E-state index in [1.54, 1.807) is 33.7 Å². The summed E-state index contributed by atoms with van der Waals surface area (Å²) in [6.45, 7) is 15.8. The third kappa shape index (κ3) is 4.95. The van der Waals surface area contributed by atoms with Gasteiger partial charge < -0.3 is 19.6 Å². The van der Waals surface area contributed by atoms with Crippen LogP contribution in [0.15, 0.2) is 43.5 Å². The van der Waals surface area contributed by atoms with Gasteiger partial charge in [-0.05, 0) is 56.2 Å². The van der Waals surface area contributed by atoms with Crippen LogP contribution in [0.4, 0.5) is 5.69 Å². The quantitative estimate of drug-likeness (QED) is 0.234. The number of anilines is 1. The van der Waals surface area contributed by atoms with Crippen molar-refractivity contribution in [1.82, 2.24) is 4.90 Å². The Morgan fingerprint density at radius 3 is 2.69 bits per heavy atom. The lowest BCUT2D eigenvalue weighted by Crippen LogP contribution is -2.58. The van der Waals surface area contributed by atoms with Crippen molar-refractivity contribution in [2.75, 3.05) is 24.7 Å². The molecule has 1 aromatic rings. The molecule has 0 radical (unpaired) electrons. The summed E-state index contributed by atoms with van der Waals surface area (Å²) in [5.74, 6) is -2.07. The zero-order chi connectivity index (χ0) is 28.5. The highest BCUT2D eigenvalue weighted by Gasteiger charge is 2.75. The number of rotatable bonds is 12. The predicted molar refractivity (Wildman–Crippen MR) is 156 cm³/mol. The van der Waals surface area contributed by atoms with Crippen LogP contribution in [0.2, 0.25) is 0 Å². The minimum Gasteiger partial charge on any atom is -0.465 e. The van der Waals surface area contributed by atoms with Crippen LogP contribution < -0.4 is 4.90 Å². The third-order valence-electron chi connectivity index (χ3n) is 8.89. The van der Waals surface area contributed by atoms with Crippen LogP contribution in [-0.4, -0.2) is 69.6 Å². The number of hydrogen-bond acceptors (Lipinski definition) is 6. The molecular formula is C31H42N2O5S. The average Bonchev–Trinajstić information content (AvgIpc) is 3.56. The molecule has 2 bridgehead atoms. The van der Waals surface area contributed by atoms with Crippen LogP contribution in [0.3, 0.4) is 0 Å². The van der Waals surface area contributed by atoms with Crippen LogP contribution in [0, 0.1) is 31.6 Å². The molecule has 3 aliphatic rings. The molecule has 0 aliphatic carbocycles. The number of thioether (sulfide) groups is 1. The molecule has 0 saturated carbocycles. The number of carbonyl (C=O) groups is 3. The SMILES string of the molecule is C=CCCOC(=O)[C@@H]1[C@H]2C(=O)N([C@@H](CO)[C@@H](C)CC)C(C(=O)N(CC=C)c3cc(C)ccc3C)C23CC[C@H]1S3. The highest BCUT2D eigenvalue weighted by Crippen LogP contribution is 2.67. The summed E-state index contributed by atoms with van der Waals surface area (Å²) in [4.78, 5) is 45.9. The number of aliphatic hydroxyl groups excluding tert-OH is 1. The summed E-state index contributed by atoms with van der Waals surface area (Å²) >= 11 is 1.62. The number of ether oxygens (including phenoxy) is 1. The average molecular weight is 555 g/mol. The minimum atomic E-state index is -0.804. The largest absolute Gasteiger partial charge is 0.465 e. The van der Waals surface area contributed by atoms with Gasteiger partial charge in [0.05, 0.1) is 35.8 Å². The number of esters is 1. The minimum absolute atomic E-state index is 0.0294. The van der Waals surface area contributed by atoms with E-state index in [9.17, 15) is 19.5 Å². The zero-order valence-electron chi connectivity index (χ0n) is 23.6. The van der Waals surface area contributed by atoms with Gasteiger partial charge in [-0.2, -0.15) is 0 Å². The molecule has 2 unspecified atom stereocenters. The molecule has 1 aromatic carbocycles. The van der Waals surface area contributed by atoms with E-state index < -0.39 is 28.7 Å². The first-order chi connectivity index (χ1) is 18.7. The van der Waals surface area contributed by atoms with E-state index in [0.29, 0.717) is 12.8 Å². The molecule has 3 saturated heterocycles. The van der Waals surface area contributed by atoms with Crippen LogP contribution in [0.25, 0.3) is 0 Å². The number of fused-ring (bicyclic) bond motifs is 1. The van der Waals surface area contributed by atoms with Gasteiger partial charge in [0.2, 0.25) is 5.91 Å². The van der Waals surface area contributed by atoms with E-state index >= 15 is 0 Å². The first-order valence-corrected chi connectivity index (χ1v) is 14.9. The van der Waals surface area contributed by atoms with Crippen molar-refractivity contribution in [3.63, 3.8) is 0 Å². The standard InChI is InChI=1S/C31H42N2O5S/c1-7-10-16-38-30(37)25-24-13-14-31(39-24)26(25)28(35)33(23(18-34)20(5)9-3)27(31)29(36)32(15-8-2)22-17-19(4)11-12-21(22)6/h7-8,11-12,17,20,23-27,34H,1-2,9-10,13-16,18H2,3-6H3/t20-,23-,24+,25-,26-,27?,31?/m0/s1. The van der Waals surface area contributed by atoms with Gasteiger partial charge in [0, 0.05) is 17.5 Å². The third-order valence-corrected chi connectivity index (χ3v) is 10.8. The van der Waals surface area contributed by atoms with Gasteiger partial charge in [0.1, 0.15) is 6.04 Å². The Labute approximate surface area is 236 Å². The Hall–Kier alpha value is -2.58. The summed E-state index contributed by atoms with van der Waals surface area (Å²) in [5, 5.41) is 10.5. The number of amides is 2. The number of carbonyl (C=O) groups excluding carboxylic acids is 3. The van der Waals surface area contributed by atoms with Crippen molar-refractivity contribution in [2.45, 2.75) is 75.5 Å².